The normalized spacial score (nSPS) is 11.4. The van der Waals surface area contributed by atoms with E-state index in [-0.39, 0.29) is 5.91 Å². The first-order chi connectivity index (χ1) is 15.4. The molecule has 0 saturated carbocycles. The fourth-order valence-electron chi connectivity index (χ4n) is 3.73. The maximum atomic E-state index is 12.6. The molecular formula is C26H32N2O3S. The molecular weight excluding hydrogens is 420 g/mol. The lowest BCUT2D eigenvalue weighted by Crippen LogP contribution is -2.15. The summed E-state index contributed by atoms with van der Waals surface area (Å²) in [6, 6.07) is 11.7. The average molecular weight is 453 g/mol. The Morgan fingerprint density at radius 1 is 1.03 bits per heavy atom. The van der Waals surface area contributed by atoms with Gasteiger partial charge in [0.05, 0.1) is 5.56 Å². The summed E-state index contributed by atoms with van der Waals surface area (Å²) in [6.45, 7) is 8.62. The van der Waals surface area contributed by atoms with Crippen molar-refractivity contribution >= 4 is 40.7 Å². The van der Waals surface area contributed by atoms with Crippen molar-refractivity contribution in [3.63, 3.8) is 0 Å². The number of amides is 1. The number of unbranched alkanes of at least 4 members (excludes halogenated alkanes) is 2. The van der Waals surface area contributed by atoms with Crippen LogP contribution in [0.15, 0.2) is 46.0 Å². The van der Waals surface area contributed by atoms with Gasteiger partial charge in [0, 0.05) is 17.9 Å². The number of hydrogen-bond acceptors (Lipinski definition) is 5. The first-order valence-electron chi connectivity index (χ1n) is 11.3. The Labute approximate surface area is 194 Å². The Morgan fingerprint density at radius 3 is 2.38 bits per heavy atom. The molecule has 0 aliphatic rings. The lowest BCUT2D eigenvalue weighted by Gasteiger charge is -2.20. The van der Waals surface area contributed by atoms with E-state index < -0.39 is 0 Å². The molecule has 0 spiro atoms. The molecule has 0 aliphatic carbocycles. The van der Waals surface area contributed by atoms with Gasteiger partial charge < -0.3 is 9.73 Å². The predicted molar refractivity (Wildman–Crippen MR) is 132 cm³/mol. The number of thioether (sulfide) groups is 1. The third-order valence-electron chi connectivity index (χ3n) is 5.46. The van der Waals surface area contributed by atoms with E-state index in [1.54, 1.807) is 23.9 Å². The van der Waals surface area contributed by atoms with Crippen LogP contribution >= 0.6 is 11.8 Å². The van der Waals surface area contributed by atoms with Crippen molar-refractivity contribution in [2.75, 3.05) is 11.1 Å². The minimum atomic E-state index is 0.0768. The van der Waals surface area contributed by atoms with Crippen LogP contribution in [-0.4, -0.2) is 22.9 Å². The highest BCUT2D eigenvalue weighted by Crippen LogP contribution is 2.32. The molecule has 1 heterocycles. The van der Waals surface area contributed by atoms with Gasteiger partial charge in [-0.05, 0) is 47.9 Å². The van der Waals surface area contributed by atoms with Crippen LogP contribution in [0.4, 0.5) is 5.69 Å². The lowest BCUT2D eigenvalue weighted by molar-refractivity contribution is -0.116. The fourth-order valence-corrected chi connectivity index (χ4v) is 4.55. The van der Waals surface area contributed by atoms with E-state index in [0.717, 1.165) is 37.0 Å². The van der Waals surface area contributed by atoms with Gasteiger partial charge in [-0.2, -0.15) is 0 Å². The van der Waals surface area contributed by atoms with Crippen molar-refractivity contribution in [3.05, 3.63) is 53.1 Å². The number of para-hydroxylation sites is 2. The van der Waals surface area contributed by atoms with Crippen molar-refractivity contribution < 1.29 is 14.0 Å². The van der Waals surface area contributed by atoms with Gasteiger partial charge in [-0.15, -0.1) is 0 Å². The number of aldehydes is 1. The second-order valence-electron chi connectivity index (χ2n) is 8.62. The van der Waals surface area contributed by atoms with Crippen LogP contribution in [0.3, 0.4) is 0 Å². The molecule has 6 heteroatoms. The monoisotopic (exact) mass is 452 g/mol. The van der Waals surface area contributed by atoms with Crippen molar-refractivity contribution in [3.8, 4) is 0 Å². The minimum Gasteiger partial charge on any atom is -0.431 e. The summed E-state index contributed by atoms with van der Waals surface area (Å²) in [7, 11) is 0. The highest BCUT2D eigenvalue weighted by atomic mass is 32.2. The van der Waals surface area contributed by atoms with Crippen molar-refractivity contribution in [2.24, 2.45) is 0 Å². The molecule has 0 radical (unpaired) electrons. The first kappa shape index (κ1) is 24.1. The molecule has 5 nitrogen and oxygen atoms in total. The second-order valence-corrected chi connectivity index (χ2v) is 9.67. The maximum Gasteiger partial charge on any atom is 0.256 e. The van der Waals surface area contributed by atoms with Crippen LogP contribution in [0, 0.1) is 0 Å². The number of oxazole rings is 1. The summed E-state index contributed by atoms with van der Waals surface area (Å²) in [5, 5.41) is 3.77. The predicted octanol–water partition coefficient (Wildman–Crippen LogP) is 7.18. The van der Waals surface area contributed by atoms with Gasteiger partial charge in [-0.1, -0.05) is 70.1 Å². The highest BCUT2D eigenvalue weighted by molar-refractivity contribution is 7.99. The van der Waals surface area contributed by atoms with Crippen molar-refractivity contribution in [1.29, 1.82) is 0 Å². The van der Waals surface area contributed by atoms with Gasteiger partial charge in [0.1, 0.15) is 5.52 Å². The molecule has 2 aromatic carbocycles. The number of benzene rings is 2. The molecule has 1 amide bonds. The second kappa shape index (κ2) is 11.3. The van der Waals surface area contributed by atoms with Gasteiger partial charge in [0.25, 0.3) is 5.22 Å². The molecule has 1 N–H and O–H groups in total. The Bertz CT molecular complexity index is 1050. The molecule has 3 rings (SSSR count). The number of aromatic nitrogens is 1. The molecule has 0 fully saturated rings. The van der Waals surface area contributed by atoms with E-state index in [4.69, 9.17) is 4.42 Å². The molecule has 170 valence electrons. The molecule has 1 aromatic heterocycles. The van der Waals surface area contributed by atoms with Crippen LogP contribution in [0.1, 0.15) is 86.7 Å². The quantitative estimate of drug-likeness (QED) is 0.189. The van der Waals surface area contributed by atoms with Crippen LogP contribution < -0.4 is 5.32 Å². The van der Waals surface area contributed by atoms with Crippen LogP contribution in [0.5, 0.6) is 0 Å². The van der Waals surface area contributed by atoms with Gasteiger partial charge >= 0.3 is 0 Å². The van der Waals surface area contributed by atoms with E-state index in [2.05, 4.69) is 56.2 Å². The van der Waals surface area contributed by atoms with Crippen LogP contribution in [0.25, 0.3) is 11.1 Å². The Kier molecular flexibility index (Phi) is 8.51. The van der Waals surface area contributed by atoms with Gasteiger partial charge in [0.2, 0.25) is 5.91 Å². The Balaban J connectivity index is 1.45. The molecule has 0 bridgehead atoms. The largest absolute Gasteiger partial charge is 0.431 e. The molecule has 3 aromatic rings. The SMILES string of the molecule is CC(C)c1cccc(C(C)C)c1NC(=O)CCCCCSc1nc2cccc(C=O)c2o1. The zero-order valence-electron chi connectivity index (χ0n) is 19.3. The fraction of sp³-hybridized carbons (Fsp3) is 0.423. The zero-order valence-corrected chi connectivity index (χ0v) is 20.1. The van der Waals surface area contributed by atoms with Gasteiger partial charge in [-0.25, -0.2) is 4.98 Å². The summed E-state index contributed by atoms with van der Waals surface area (Å²) < 4.78 is 5.72. The summed E-state index contributed by atoms with van der Waals surface area (Å²) in [5.74, 6) is 1.65. The number of anilines is 1. The first-order valence-corrected chi connectivity index (χ1v) is 12.3. The summed E-state index contributed by atoms with van der Waals surface area (Å²) in [6.07, 6.45) is 4.08. The smallest absolute Gasteiger partial charge is 0.256 e. The summed E-state index contributed by atoms with van der Waals surface area (Å²) in [5.41, 5.74) is 5.14. The van der Waals surface area contributed by atoms with E-state index in [1.807, 2.05) is 6.07 Å². The third kappa shape index (κ3) is 6.00. The standard InChI is InChI=1S/C26H32N2O3S/c1-17(2)20-11-9-12-21(18(3)4)24(20)28-23(30)14-6-5-7-15-32-26-27-22-13-8-10-19(16-29)25(22)31-26/h8-13,16-18H,5-7,14-15H2,1-4H3,(H,28,30). The van der Waals surface area contributed by atoms with Crippen LogP contribution in [0.2, 0.25) is 0 Å². The molecule has 32 heavy (non-hydrogen) atoms. The minimum absolute atomic E-state index is 0.0768. The molecule has 0 aliphatic heterocycles. The van der Waals surface area contributed by atoms with Crippen molar-refractivity contribution in [1.82, 2.24) is 4.98 Å². The Hall–Kier alpha value is -2.60. The molecule has 0 atom stereocenters. The lowest BCUT2D eigenvalue weighted by atomic mass is 9.92. The number of rotatable bonds is 11. The van der Waals surface area contributed by atoms with Gasteiger partial charge in [-0.3, -0.25) is 9.59 Å². The van der Waals surface area contributed by atoms with E-state index in [1.165, 1.54) is 11.1 Å². The van der Waals surface area contributed by atoms with E-state index >= 15 is 0 Å². The number of nitrogens with one attached hydrogen (secondary N) is 1. The summed E-state index contributed by atoms with van der Waals surface area (Å²) >= 11 is 1.54. The molecule has 0 saturated heterocycles. The van der Waals surface area contributed by atoms with E-state index in [0.29, 0.717) is 40.1 Å². The number of hydrogen-bond donors (Lipinski definition) is 1. The number of carbonyl (C=O) groups excluding carboxylic acids is 2. The van der Waals surface area contributed by atoms with Gasteiger partial charge in [0.15, 0.2) is 11.9 Å². The third-order valence-corrected chi connectivity index (χ3v) is 6.38. The highest BCUT2D eigenvalue weighted by Gasteiger charge is 2.16. The van der Waals surface area contributed by atoms with Crippen LogP contribution in [-0.2, 0) is 4.79 Å². The number of carbonyl (C=O) groups is 2. The van der Waals surface area contributed by atoms with E-state index in [9.17, 15) is 9.59 Å². The average Bonchev–Trinajstić information content (AvgIpc) is 3.19. The summed E-state index contributed by atoms with van der Waals surface area (Å²) in [4.78, 5) is 28.1. The topological polar surface area (TPSA) is 72.2 Å². The molecule has 0 unspecified atom stereocenters. The number of fused-ring (bicyclic) bond motifs is 1. The maximum absolute atomic E-state index is 12.6. The van der Waals surface area contributed by atoms with Crippen molar-refractivity contribution in [2.45, 2.75) is 70.4 Å². The Morgan fingerprint density at radius 2 is 1.72 bits per heavy atom. The zero-order chi connectivity index (χ0) is 23.1. The number of nitrogens with zero attached hydrogens (tertiary/aromatic N) is 1.